The molecule has 0 aliphatic carbocycles. The fraction of sp³-hybridized carbons (Fsp3) is 0.409. The summed E-state index contributed by atoms with van der Waals surface area (Å²) in [6.07, 6.45) is 0. The Morgan fingerprint density at radius 1 is 0.960 bits per heavy atom. The summed E-state index contributed by atoms with van der Waals surface area (Å²) >= 11 is 0. The van der Waals surface area contributed by atoms with Crippen LogP contribution >= 0.6 is 0 Å². The van der Waals surface area contributed by atoms with E-state index in [1.165, 1.54) is 11.1 Å². The van der Waals surface area contributed by atoms with Gasteiger partial charge in [0.05, 0.1) is 6.04 Å². The van der Waals surface area contributed by atoms with Crippen LogP contribution in [0, 0.1) is 0 Å². The molecule has 1 heterocycles. The van der Waals surface area contributed by atoms with Gasteiger partial charge < -0.3 is 4.90 Å². The molecule has 1 aliphatic rings. The molecule has 1 atom stereocenters. The van der Waals surface area contributed by atoms with Crippen LogP contribution in [-0.4, -0.2) is 29.9 Å². The summed E-state index contributed by atoms with van der Waals surface area (Å²) < 4.78 is 0. The lowest BCUT2D eigenvalue weighted by molar-refractivity contribution is -0.125. The second kappa shape index (κ2) is 7.01. The minimum absolute atomic E-state index is 0.101. The molecule has 1 amide bonds. The predicted molar refractivity (Wildman–Crippen MR) is 104 cm³/mol. The first-order chi connectivity index (χ1) is 11.9. The van der Waals surface area contributed by atoms with Gasteiger partial charge in [-0.25, -0.2) is 0 Å². The largest absolute Gasteiger partial charge is 0.310 e. The van der Waals surface area contributed by atoms with Gasteiger partial charge in [-0.1, -0.05) is 63.2 Å². The Bertz CT molecular complexity index is 716. The number of anilines is 1. The normalized spacial score (nSPS) is 19.3. The van der Waals surface area contributed by atoms with E-state index in [2.05, 4.69) is 74.2 Å². The molecular formula is C22H28N2O. The predicted octanol–water partition coefficient (Wildman–Crippen LogP) is 4.22. The van der Waals surface area contributed by atoms with Crippen LogP contribution < -0.4 is 4.90 Å². The number of carbonyl (C=O) groups excluding carboxylic acids is 1. The first-order valence-electron chi connectivity index (χ1n) is 9.06. The zero-order valence-corrected chi connectivity index (χ0v) is 15.7. The maximum Gasteiger partial charge on any atom is 0.244 e. The average molecular weight is 336 g/mol. The van der Waals surface area contributed by atoms with Crippen LogP contribution in [0.3, 0.4) is 0 Å². The molecule has 0 N–H and O–H groups in total. The highest BCUT2D eigenvalue weighted by atomic mass is 16.2. The number of piperazine rings is 1. The molecule has 0 bridgehead atoms. The SMILES string of the molecule is C[C@H]1C(=O)N(c2ccc(C(C)(C)C)cc2)CCN1Cc1ccccc1. The minimum Gasteiger partial charge on any atom is -0.310 e. The first-order valence-corrected chi connectivity index (χ1v) is 9.06. The summed E-state index contributed by atoms with van der Waals surface area (Å²) in [4.78, 5) is 17.1. The van der Waals surface area contributed by atoms with Gasteiger partial charge in [0.15, 0.2) is 0 Å². The Hall–Kier alpha value is -2.13. The lowest BCUT2D eigenvalue weighted by Crippen LogP contribution is -2.55. The van der Waals surface area contributed by atoms with E-state index in [0.717, 1.165) is 25.3 Å². The van der Waals surface area contributed by atoms with Crippen molar-refractivity contribution in [3.63, 3.8) is 0 Å². The minimum atomic E-state index is -0.101. The molecule has 3 heteroatoms. The van der Waals surface area contributed by atoms with Gasteiger partial charge in [0.2, 0.25) is 5.91 Å². The van der Waals surface area contributed by atoms with Crippen molar-refractivity contribution in [3.8, 4) is 0 Å². The van der Waals surface area contributed by atoms with E-state index in [1.54, 1.807) is 0 Å². The van der Waals surface area contributed by atoms with Crippen LogP contribution in [0.15, 0.2) is 54.6 Å². The zero-order chi connectivity index (χ0) is 18.0. The Balaban J connectivity index is 1.71. The van der Waals surface area contributed by atoms with E-state index >= 15 is 0 Å². The average Bonchev–Trinajstić information content (AvgIpc) is 2.59. The summed E-state index contributed by atoms with van der Waals surface area (Å²) in [6, 6.07) is 18.7. The third-order valence-electron chi connectivity index (χ3n) is 5.06. The lowest BCUT2D eigenvalue weighted by Gasteiger charge is -2.39. The second-order valence-corrected chi connectivity index (χ2v) is 7.92. The fourth-order valence-corrected chi connectivity index (χ4v) is 3.35. The van der Waals surface area contributed by atoms with Crippen molar-refractivity contribution in [2.75, 3.05) is 18.0 Å². The van der Waals surface area contributed by atoms with E-state index in [-0.39, 0.29) is 17.4 Å². The van der Waals surface area contributed by atoms with Crippen molar-refractivity contribution in [2.45, 2.75) is 45.7 Å². The topological polar surface area (TPSA) is 23.6 Å². The summed E-state index contributed by atoms with van der Waals surface area (Å²) in [5.41, 5.74) is 3.68. The summed E-state index contributed by atoms with van der Waals surface area (Å²) in [7, 11) is 0. The fourth-order valence-electron chi connectivity index (χ4n) is 3.35. The van der Waals surface area contributed by atoms with Gasteiger partial charge >= 0.3 is 0 Å². The van der Waals surface area contributed by atoms with Gasteiger partial charge in [-0.15, -0.1) is 0 Å². The molecule has 25 heavy (non-hydrogen) atoms. The van der Waals surface area contributed by atoms with Crippen molar-refractivity contribution in [1.29, 1.82) is 0 Å². The Labute approximate surface area is 151 Å². The number of carbonyl (C=O) groups is 1. The smallest absolute Gasteiger partial charge is 0.244 e. The van der Waals surface area contributed by atoms with Crippen molar-refractivity contribution >= 4 is 11.6 Å². The summed E-state index contributed by atoms with van der Waals surface area (Å²) in [6.45, 7) is 11.1. The molecule has 0 spiro atoms. The lowest BCUT2D eigenvalue weighted by atomic mass is 9.87. The molecule has 0 unspecified atom stereocenters. The Morgan fingerprint density at radius 3 is 2.20 bits per heavy atom. The highest BCUT2D eigenvalue weighted by molar-refractivity contribution is 5.97. The van der Waals surface area contributed by atoms with Gasteiger partial charge in [-0.2, -0.15) is 0 Å². The molecule has 0 radical (unpaired) electrons. The maximum atomic E-state index is 12.9. The number of hydrogen-bond donors (Lipinski definition) is 0. The van der Waals surface area contributed by atoms with Crippen LogP contribution in [0.4, 0.5) is 5.69 Å². The molecule has 1 aliphatic heterocycles. The molecule has 132 valence electrons. The third kappa shape index (κ3) is 3.93. The van der Waals surface area contributed by atoms with E-state index in [9.17, 15) is 4.79 Å². The number of nitrogens with zero attached hydrogens (tertiary/aromatic N) is 2. The first kappa shape index (κ1) is 17.7. The molecule has 2 aromatic carbocycles. The number of benzene rings is 2. The molecule has 3 nitrogen and oxygen atoms in total. The second-order valence-electron chi connectivity index (χ2n) is 7.92. The zero-order valence-electron chi connectivity index (χ0n) is 15.7. The molecular weight excluding hydrogens is 308 g/mol. The molecule has 1 fully saturated rings. The molecule has 3 rings (SSSR count). The summed E-state index contributed by atoms with van der Waals surface area (Å²) in [5, 5.41) is 0. The van der Waals surface area contributed by atoms with Crippen molar-refractivity contribution in [1.82, 2.24) is 4.90 Å². The molecule has 1 saturated heterocycles. The van der Waals surface area contributed by atoms with Crippen LogP contribution in [0.5, 0.6) is 0 Å². The van der Waals surface area contributed by atoms with Crippen LogP contribution in [0.2, 0.25) is 0 Å². The van der Waals surface area contributed by atoms with Gasteiger partial charge in [-0.05, 0) is 35.6 Å². The van der Waals surface area contributed by atoms with E-state index in [1.807, 2.05) is 17.9 Å². The highest BCUT2D eigenvalue weighted by Crippen LogP contribution is 2.27. The van der Waals surface area contributed by atoms with Crippen molar-refractivity contribution in [3.05, 3.63) is 65.7 Å². The Morgan fingerprint density at radius 2 is 1.60 bits per heavy atom. The number of rotatable bonds is 3. The standard InChI is InChI=1S/C22H28N2O/c1-17-21(25)24(20-12-10-19(11-13-20)22(2,3)4)15-14-23(17)16-18-8-6-5-7-9-18/h5-13,17H,14-16H2,1-4H3/t17-/m0/s1. The van der Waals surface area contributed by atoms with Crippen molar-refractivity contribution in [2.24, 2.45) is 0 Å². The number of hydrogen-bond acceptors (Lipinski definition) is 2. The molecule has 2 aromatic rings. The van der Waals surface area contributed by atoms with E-state index in [0.29, 0.717) is 0 Å². The quantitative estimate of drug-likeness (QED) is 0.838. The van der Waals surface area contributed by atoms with Crippen molar-refractivity contribution < 1.29 is 4.79 Å². The highest BCUT2D eigenvalue weighted by Gasteiger charge is 2.32. The van der Waals surface area contributed by atoms with E-state index < -0.39 is 0 Å². The van der Waals surface area contributed by atoms with Gasteiger partial charge in [0, 0.05) is 25.3 Å². The van der Waals surface area contributed by atoms with Gasteiger partial charge in [0.25, 0.3) is 0 Å². The monoisotopic (exact) mass is 336 g/mol. The van der Waals surface area contributed by atoms with Crippen LogP contribution in [0.25, 0.3) is 0 Å². The van der Waals surface area contributed by atoms with Crippen LogP contribution in [-0.2, 0) is 16.8 Å². The molecule has 0 saturated carbocycles. The maximum absolute atomic E-state index is 12.9. The van der Waals surface area contributed by atoms with Gasteiger partial charge in [0.1, 0.15) is 0 Å². The number of amides is 1. The van der Waals surface area contributed by atoms with Gasteiger partial charge in [-0.3, -0.25) is 9.69 Å². The third-order valence-corrected chi connectivity index (χ3v) is 5.06. The van der Waals surface area contributed by atoms with Crippen LogP contribution in [0.1, 0.15) is 38.8 Å². The summed E-state index contributed by atoms with van der Waals surface area (Å²) in [5.74, 6) is 0.186. The Kier molecular flexibility index (Phi) is 4.96. The van der Waals surface area contributed by atoms with E-state index in [4.69, 9.17) is 0 Å². The molecule has 0 aromatic heterocycles.